The van der Waals surface area contributed by atoms with Crippen molar-refractivity contribution in [2.75, 3.05) is 12.4 Å². The van der Waals surface area contributed by atoms with Gasteiger partial charge in [-0.1, -0.05) is 150 Å². The Morgan fingerprint density at radius 3 is 1.55 bits per heavy atom. The van der Waals surface area contributed by atoms with Crippen molar-refractivity contribution in [2.24, 2.45) is 11.7 Å². The Balaban J connectivity index is 0.000000210. The van der Waals surface area contributed by atoms with Crippen molar-refractivity contribution in [3.8, 4) is 33.4 Å². The van der Waals surface area contributed by atoms with Crippen molar-refractivity contribution in [3.63, 3.8) is 0 Å². The van der Waals surface area contributed by atoms with E-state index >= 15 is 0 Å². The molecule has 1 atom stereocenters. The number of hydrogen-bond donors (Lipinski definition) is 2. The molecule has 0 amide bonds. The van der Waals surface area contributed by atoms with Gasteiger partial charge in [0.15, 0.2) is 21.5 Å². The van der Waals surface area contributed by atoms with E-state index in [9.17, 15) is 32.7 Å². The van der Waals surface area contributed by atoms with Crippen molar-refractivity contribution >= 4 is 73.2 Å². The summed E-state index contributed by atoms with van der Waals surface area (Å²) in [4.78, 5) is 62.6. The molecule has 0 aliphatic carbocycles. The Labute approximate surface area is 562 Å². The van der Waals surface area contributed by atoms with E-state index in [1.54, 1.807) is 48.4 Å². The predicted molar refractivity (Wildman–Crippen MR) is 366 cm³/mol. The number of benzene rings is 6. The highest BCUT2D eigenvalue weighted by Gasteiger charge is 2.26. The van der Waals surface area contributed by atoms with Gasteiger partial charge in [0.2, 0.25) is 20.8 Å². The third-order valence-corrected chi connectivity index (χ3v) is 17.1. The number of thioether (sulfide) groups is 1. The van der Waals surface area contributed by atoms with E-state index in [1.807, 2.05) is 152 Å². The van der Waals surface area contributed by atoms with Crippen molar-refractivity contribution in [2.45, 2.75) is 157 Å². The molecule has 9 aromatic rings. The quantitative estimate of drug-likeness (QED) is 0.0343. The van der Waals surface area contributed by atoms with Gasteiger partial charge in [-0.3, -0.25) is 4.79 Å². The highest BCUT2D eigenvalue weighted by molar-refractivity contribution is 9.10. The van der Waals surface area contributed by atoms with E-state index in [0.29, 0.717) is 62.6 Å². The van der Waals surface area contributed by atoms with Crippen LogP contribution in [0, 0.1) is 5.92 Å². The maximum absolute atomic E-state index is 12.8. The summed E-state index contributed by atoms with van der Waals surface area (Å²) in [6.07, 6.45) is 10.8. The van der Waals surface area contributed by atoms with E-state index in [4.69, 9.17) is 33.2 Å². The lowest BCUT2D eigenvalue weighted by Crippen LogP contribution is -2.23. The van der Waals surface area contributed by atoms with Crippen LogP contribution in [-0.4, -0.2) is 75.9 Å². The first-order chi connectivity index (χ1) is 44.3. The number of nitrogens with two attached hydrogens (primary N) is 1. The lowest BCUT2D eigenvalue weighted by Gasteiger charge is -2.20. The Morgan fingerprint density at radius 1 is 0.602 bits per heavy atom. The molecule has 6 aromatic carbocycles. The van der Waals surface area contributed by atoms with Gasteiger partial charge in [0.25, 0.3) is 0 Å². The fraction of sp³-hybridized carbons (Fsp3) is 0.319. The Morgan fingerprint density at radius 2 is 1.10 bits per heavy atom. The van der Waals surface area contributed by atoms with E-state index in [0.717, 1.165) is 82.3 Å². The van der Waals surface area contributed by atoms with E-state index < -0.39 is 27.0 Å². The zero-order valence-electron chi connectivity index (χ0n) is 54.1. The van der Waals surface area contributed by atoms with Crippen LogP contribution in [0.25, 0.3) is 33.4 Å². The second-order valence-electron chi connectivity index (χ2n) is 23.1. The molecular weight excluding hydrogens is 1300 g/mol. The molecule has 0 aliphatic rings. The summed E-state index contributed by atoms with van der Waals surface area (Å²) in [7, 11) is -4.06. The lowest BCUT2D eigenvalue weighted by molar-refractivity contribution is -0.144. The van der Waals surface area contributed by atoms with E-state index in [1.165, 1.54) is 30.3 Å². The van der Waals surface area contributed by atoms with Crippen molar-refractivity contribution in [1.82, 2.24) is 15.0 Å². The highest BCUT2D eigenvalue weighted by atomic mass is 79.9. The summed E-state index contributed by atoms with van der Waals surface area (Å²) >= 11 is 6.14. The number of unbranched alkanes of at least 4 members (excludes halogenated alkanes) is 1. The van der Waals surface area contributed by atoms with Crippen molar-refractivity contribution in [3.05, 3.63) is 203 Å². The normalized spacial score (nSPS) is 11.6. The zero-order valence-corrected chi connectivity index (χ0v) is 58.1. The number of oxazole rings is 3. The van der Waals surface area contributed by atoms with Crippen LogP contribution in [0.4, 0.5) is 0 Å². The maximum atomic E-state index is 12.8. The van der Waals surface area contributed by atoms with Gasteiger partial charge >= 0.3 is 23.9 Å². The van der Waals surface area contributed by atoms with Crippen LogP contribution in [0.2, 0.25) is 0 Å². The van der Waals surface area contributed by atoms with Gasteiger partial charge in [-0.2, -0.15) is 0 Å². The van der Waals surface area contributed by atoms with Crippen molar-refractivity contribution < 1.29 is 60.2 Å². The number of carbonyl (C=O) groups excluding carboxylic acids is 3. The molecule has 9 rings (SSSR count). The molecule has 17 nitrogen and oxygen atoms in total. The van der Waals surface area contributed by atoms with Gasteiger partial charge in [0, 0.05) is 28.4 Å². The molecule has 0 spiro atoms. The summed E-state index contributed by atoms with van der Waals surface area (Å²) < 4.78 is 58.7. The number of nitrogens with zero attached hydrogens (tertiary/aromatic N) is 3. The smallest absolute Gasteiger partial charge is 0.338 e. The second kappa shape index (κ2) is 35.8. The molecular formula is C72H81BrN4O13S3. The van der Waals surface area contributed by atoms with Gasteiger partial charge in [0.1, 0.15) is 11.2 Å². The first-order valence-electron chi connectivity index (χ1n) is 30.5. The standard InChI is InChI=1S/C28H38O4S.C22H23NO3S.C17H14N2O5S.C5H6BrNO/c1-6-8-12-21(7-2)20-31-26(29)15-16-33-25-18-23(22-13-10-9-11-14-22)17-24(19-25)27(30)32-28(3,4)5;1-5-19-23-14-20(25-19)27-18-12-16(15-9-7-6-8-10-15)11-17(13-18)21(24)26-22(2,3)4;18-9-15-19-10-16(24-15)25(22,23)14-7-12(6-13(8-14)17(20)21)11-4-2-1-3-5-11;1-2-5-7-3-4(6)8-5/h9-11,13-14,17-19,21H,6-8,12,15-16,20H2,1-5H3;6-14H,5H2,1-4H3;1-8,10H,9,18H2,(H,20,21);3H,2H2,1H3. The number of hydrogen-bond acceptors (Lipinski definition) is 18. The first kappa shape index (κ1) is 74.0. The first-order valence-corrected chi connectivity index (χ1v) is 34.6. The van der Waals surface area contributed by atoms with Crippen LogP contribution < -0.4 is 5.73 Å². The maximum Gasteiger partial charge on any atom is 0.338 e. The summed E-state index contributed by atoms with van der Waals surface area (Å²) in [6.45, 7) is 20.0. The Bertz CT molecular complexity index is 3970. The average molecular weight is 1390 g/mol. The highest BCUT2D eigenvalue weighted by Crippen LogP contribution is 2.35. The van der Waals surface area contributed by atoms with Crippen LogP contribution in [-0.2, 0) is 48.2 Å². The van der Waals surface area contributed by atoms with Crippen LogP contribution in [0.3, 0.4) is 0 Å². The molecule has 3 heterocycles. The summed E-state index contributed by atoms with van der Waals surface area (Å²) in [5.74, 6) is 0.515. The number of ether oxygens (including phenoxy) is 3. The molecule has 0 saturated heterocycles. The van der Waals surface area contributed by atoms with Gasteiger partial charge in [-0.15, -0.1) is 11.8 Å². The molecule has 0 saturated carbocycles. The SMILES string of the molecule is CCCCC(CC)COC(=O)CCSc1cc(C(=O)OC(C)(C)C)cc(-c2ccccc2)c1.CCc1ncc(Br)o1.CCc1ncc(Sc2cc(C(=O)OC(C)(C)C)cc(-c3ccccc3)c2)o1.NCc1ncc(S(=O)(=O)c2cc(C(=O)O)cc(-c3ccccc3)c2)o1. The summed E-state index contributed by atoms with van der Waals surface area (Å²) in [6, 6.07) is 44.2. The Kier molecular flexibility index (Phi) is 28.5. The minimum absolute atomic E-state index is 0.0417. The third-order valence-electron chi connectivity index (χ3n) is 13.3. The number of carboxylic acid groups (broad SMARTS) is 1. The van der Waals surface area contributed by atoms with Gasteiger partial charge in [-0.25, -0.2) is 37.8 Å². The number of carbonyl (C=O) groups is 4. The minimum atomic E-state index is -4.06. The summed E-state index contributed by atoms with van der Waals surface area (Å²) in [5.41, 5.74) is 10.3. The Hall–Kier alpha value is -8.08. The summed E-state index contributed by atoms with van der Waals surface area (Å²) in [5, 5.41) is 9.63. The zero-order chi connectivity index (χ0) is 67.7. The lowest BCUT2D eigenvalue weighted by atomic mass is 10.0. The molecule has 3 N–H and O–H groups in total. The van der Waals surface area contributed by atoms with Gasteiger partial charge in [-0.05, 0) is 158 Å². The molecule has 21 heteroatoms. The van der Waals surface area contributed by atoms with Crippen molar-refractivity contribution in [1.29, 1.82) is 0 Å². The largest absolute Gasteiger partial charge is 0.478 e. The molecule has 492 valence electrons. The molecule has 93 heavy (non-hydrogen) atoms. The van der Waals surface area contributed by atoms with Crippen LogP contribution in [0.15, 0.2) is 207 Å². The number of esters is 3. The number of carboxylic acids is 1. The fourth-order valence-corrected chi connectivity index (χ4v) is 11.9. The van der Waals surface area contributed by atoms with Crippen LogP contribution in [0.5, 0.6) is 0 Å². The molecule has 0 aliphatic heterocycles. The van der Waals surface area contributed by atoms with Crippen LogP contribution >= 0.6 is 39.5 Å². The number of rotatable bonds is 23. The molecule has 0 bridgehead atoms. The van der Waals surface area contributed by atoms with E-state index in [2.05, 4.69) is 50.8 Å². The number of aryl methyl sites for hydroxylation is 2. The second-order valence-corrected chi connectivity index (χ2v) is 28.0. The average Bonchev–Trinajstić information content (AvgIpc) is 1.69. The topological polar surface area (TPSA) is 254 Å². The number of halogens is 1. The number of sulfone groups is 1. The predicted octanol–water partition coefficient (Wildman–Crippen LogP) is 17.9. The van der Waals surface area contributed by atoms with Gasteiger partial charge in [0.05, 0.1) is 59.7 Å². The molecule has 3 aromatic heterocycles. The van der Waals surface area contributed by atoms with E-state index in [-0.39, 0.29) is 45.9 Å². The number of aromatic carboxylic acids is 1. The third kappa shape index (κ3) is 24.4. The fourth-order valence-electron chi connectivity index (χ4n) is 8.65. The molecule has 1 unspecified atom stereocenters. The number of aromatic nitrogens is 3. The van der Waals surface area contributed by atoms with Gasteiger partial charge < -0.3 is 38.3 Å². The minimum Gasteiger partial charge on any atom is -0.478 e. The monoisotopic (exact) mass is 1380 g/mol. The van der Waals surface area contributed by atoms with Crippen LogP contribution in [0.1, 0.15) is 150 Å². The molecule has 0 fully saturated rings. The molecule has 0 radical (unpaired) electrons.